The van der Waals surface area contributed by atoms with Gasteiger partial charge in [-0.25, -0.2) is 8.78 Å². The molecule has 0 saturated heterocycles. The minimum absolute atomic E-state index is 0.0167. The van der Waals surface area contributed by atoms with Crippen LogP contribution in [0, 0.1) is 40.7 Å². The molecule has 0 aliphatic heterocycles. The molecule has 6 atom stereocenters. The molecule has 2 aliphatic carbocycles. The number of hydrogen-bond donors (Lipinski definition) is 4. The SMILES string of the molecule is O=C(O)CCCCCC[C@H]1[C@@H](O)C[C@@H](O)C12C[C@H]2CC(O)C#Cc1ccc(F)cc1F. The molecule has 1 aromatic carbocycles. The Morgan fingerprint density at radius 3 is 2.65 bits per heavy atom. The van der Waals surface area contributed by atoms with Crippen LogP contribution in [0.25, 0.3) is 0 Å². The highest BCUT2D eigenvalue weighted by atomic mass is 19.1. The van der Waals surface area contributed by atoms with Gasteiger partial charge >= 0.3 is 5.97 Å². The van der Waals surface area contributed by atoms with Crippen LogP contribution in [-0.4, -0.2) is 44.7 Å². The monoisotopic (exact) mass is 436 g/mol. The Labute approximate surface area is 181 Å². The van der Waals surface area contributed by atoms with Crippen molar-refractivity contribution in [2.24, 2.45) is 17.3 Å². The van der Waals surface area contributed by atoms with Gasteiger partial charge in [0.2, 0.25) is 0 Å². The van der Waals surface area contributed by atoms with Crippen molar-refractivity contribution in [2.75, 3.05) is 0 Å². The van der Waals surface area contributed by atoms with Crippen LogP contribution < -0.4 is 0 Å². The van der Waals surface area contributed by atoms with Crippen molar-refractivity contribution in [3.05, 3.63) is 35.4 Å². The number of hydrogen-bond acceptors (Lipinski definition) is 4. The van der Waals surface area contributed by atoms with Gasteiger partial charge in [0.15, 0.2) is 0 Å². The van der Waals surface area contributed by atoms with Crippen LogP contribution in [-0.2, 0) is 4.79 Å². The number of benzene rings is 1. The zero-order chi connectivity index (χ0) is 22.6. The van der Waals surface area contributed by atoms with Crippen LogP contribution in [0.5, 0.6) is 0 Å². The van der Waals surface area contributed by atoms with Gasteiger partial charge in [-0.2, -0.15) is 0 Å². The molecule has 170 valence electrons. The van der Waals surface area contributed by atoms with Crippen molar-refractivity contribution in [2.45, 2.75) is 76.1 Å². The minimum atomic E-state index is -1.00. The van der Waals surface area contributed by atoms with Gasteiger partial charge in [0.05, 0.1) is 17.8 Å². The molecule has 5 nitrogen and oxygen atoms in total. The van der Waals surface area contributed by atoms with Gasteiger partial charge < -0.3 is 20.4 Å². The summed E-state index contributed by atoms with van der Waals surface area (Å²) >= 11 is 0. The van der Waals surface area contributed by atoms with E-state index in [1.165, 1.54) is 6.07 Å². The molecule has 2 saturated carbocycles. The minimum Gasteiger partial charge on any atom is -0.481 e. The van der Waals surface area contributed by atoms with Crippen LogP contribution in [0.2, 0.25) is 0 Å². The summed E-state index contributed by atoms with van der Waals surface area (Å²) in [5.41, 5.74) is -0.396. The Hall–Kier alpha value is -2.01. The van der Waals surface area contributed by atoms with Crippen molar-refractivity contribution in [1.82, 2.24) is 0 Å². The van der Waals surface area contributed by atoms with Gasteiger partial charge in [0.25, 0.3) is 0 Å². The molecule has 2 fully saturated rings. The van der Waals surface area contributed by atoms with Gasteiger partial charge in [-0.3, -0.25) is 4.79 Å². The highest BCUT2D eigenvalue weighted by molar-refractivity contribution is 5.66. The molecule has 1 aromatic rings. The van der Waals surface area contributed by atoms with Crippen molar-refractivity contribution in [1.29, 1.82) is 0 Å². The topological polar surface area (TPSA) is 98.0 Å². The molecule has 2 aliphatic rings. The lowest BCUT2D eigenvalue weighted by molar-refractivity contribution is -0.137. The van der Waals surface area contributed by atoms with E-state index in [2.05, 4.69) is 11.8 Å². The summed E-state index contributed by atoms with van der Waals surface area (Å²) in [6.45, 7) is 0. The summed E-state index contributed by atoms with van der Waals surface area (Å²) in [5.74, 6) is 2.87. The quantitative estimate of drug-likeness (QED) is 0.352. The third-order valence-electron chi connectivity index (χ3n) is 6.91. The van der Waals surface area contributed by atoms with Gasteiger partial charge in [0, 0.05) is 24.3 Å². The van der Waals surface area contributed by atoms with E-state index in [0.717, 1.165) is 37.8 Å². The molecule has 1 spiro atoms. The van der Waals surface area contributed by atoms with Crippen molar-refractivity contribution >= 4 is 5.97 Å². The molecular formula is C24H30F2O5. The number of unbranched alkanes of at least 4 members (excludes halogenated alkanes) is 3. The molecule has 0 aromatic heterocycles. The molecule has 4 N–H and O–H groups in total. The first kappa shape index (κ1) is 23.6. The van der Waals surface area contributed by atoms with Gasteiger partial charge in [-0.15, -0.1) is 0 Å². The summed E-state index contributed by atoms with van der Waals surface area (Å²) in [6.07, 6.45) is 3.25. The average Bonchev–Trinajstić information content (AvgIpc) is 3.34. The first-order valence-electron chi connectivity index (χ1n) is 11.0. The first-order chi connectivity index (χ1) is 14.7. The van der Waals surface area contributed by atoms with Crippen LogP contribution >= 0.6 is 0 Å². The van der Waals surface area contributed by atoms with E-state index >= 15 is 0 Å². The molecule has 31 heavy (non-hydrogen) atoms. The van der Waals surface area contributed by atoms with Crippen LogP contribution in [0.3, 0.4) is 0 Å². The zero-order valence-corrected chi connectivity index (χ0v) is 17.4. The highest BCUT2D eigenvalue weighted by Crippen LogP contribution is 2.68. The first-order valence-corrected chi connectivity index (χ1v) is 11.0. The maximum atomic E-state index is 13.7. The number of carboxylic acid groups (broad SMARTS) is 1. The lowest BCUT2D eigenvalue weighted by Crippen LogP contribution is -2.27. The summed E-state index contributed by atoms with van der Waals surface area (Å²) in [7, 11) is 0. The second-order valence-electron chi connectivity index (χ2n) is 8.93. The smallest absolute Gasteiger partial charge is 0.303 e. The molecular weight excluding hydrogens is 406 g/mol. The predicted octanol–water partition coefficient (Wildman–Crippen LogP) is 3.24. The third kappa shape index (κ3) is 5.62. The van der Waals surface area contributed by atoms with Gasteiger partial charge in [0.1, 0.15) is 17.7 Å². The Morgan fingerprint density at radius 1 is 1.19 bits per heavy atom. The normalized spacial score (nSPS) is 30.1. The predicted molar refractivity (Wildman–Crippen MR) is 110 cm³/mol. The number of aliphatic carboxylic acids is 1. The Kier molecular flexibility index (Phi) is 7.68. The lowest BCUT2D eigenvalue weighted by Gasteiger charge is -2.25. The zero-order valence-electron chi connectivity index (χ0n) is 17.4. The molecule has 0 heterocycles. The summed E-state index contributed by atoms with van der Waals surface area (Å²) in [5, 5.41) is 40.0. The number of aliphatic hydroxyl groups is 3. The molecule has 3 rings (SSSR count). The number of carboxylic acids is 1. The van der Waals surface area contributed by atoms with Crippen LogP contribution in [0.1, 0.15) is 63.4 Å². The molecule has 0 bridgehead atoms. The standard InChI is InChI=1S/C24H30F2O5/c25-17-9-7-15(20(26)12-17)8-10-18(27)11-16-14-24(16)19(21(28)13-22(24)29)5-3-1-2-4-6-23(30)31/h7,9,12,16,18-19,21-22,27-29H,1-6,11,13-14H2,(H,30,31)/t16-,18?,19+,21+,22-,24?/m1/s1. The largest absolute Gasteiger partial charge is 0.481 e. The van der Waals surface area contributed by atoms with E-state index < -0.39 is 41.3 Å². The molecule has 0 amide bonds. The Bertz CT molecular complexity index is 848. The second kappa shape index (κ2) is 10.1. The van der Waals surface area contributed by atoms with Gasteiger partial charge in [-0.1, -0.05) is 31.1 Å². The number of halogens is 2. The Morgan fingerprint density at radius 2 is 1.94 bits per heavy atom. The fourth-order valence-corrected chi connectivity index (χ4v) is 5.29. The van der Waals surface area contributed by atoms with Gasteiger partial charge in [-0.05, 0) is 49.7 Å². The molecule has 7 heteroatoms. The summed E-state index contributed by atoms with van der Waals surface area (Å²) in [6, 6.07) is 3.08. The van der Waals surface area contributed by atoms with E-state index in [1.54, 1.807) is 0 Å². The van der Waals surface area contributed by atoms with E-state index in [-0.39, 0.29) is 23.8 Å². The average molecular weight is 436 g/mol. The second-order valence-corrected chi connectivity index (χ2v) is 8.93. The lowest BCUT2D eigenvalue weighted by atomic mass is 9.83. The van der Waals surface area contributed by atoms with Crippen molar-refractivity contribution in [3.8, 4) is 11.8 Å². The highest BCUT2D eigenvalue weighted by Gasteiger charge is 2.67. The Balaban J connectivity index is 1.53. The third-order valence-corrected chi connectivity index (χ3v) is 6.91. The fourth-order valence-electron chi connectivity index (χ4n) is 5.29. The van der Waals surface area contributed by atoms with Crippen LogP contribution in [0.15, 0.2) is 18.2 Å². The summed E-state index contributed by atoms with van der Waals surface area (Å²) in [4.78, 5) is 10.6. The maximum absolute atomic E-state index is 13.7. The number of carbonyl (C=O) groups is 1. The van der Waals surface area contributed by atoms with E-state index in [0.29, 0.717) is 25.7 Å². The number of rotatable bonds is 9. The number of aliphatic hydroxyl groups excluding tert-OH is 3. The summed E-state index contributed by atoms with van der Waals surface area (Å²) < 4.78 is 26.7. The van der Waals surface area contributed by atoms with E-state index in [9.17, 15) is 28.9 Å². The van der Waals surface area contributed by atoms with Crippen molar-refractivity contribution < 1.29 is 34.0 Å². The maximum Gasteiger partial charge on any atom is 0.303 e. The van der Waals surface area contributed by atoms with Crippen molar-refractivity contribution in [3.63, 3.8) is 0 Å². The fraction of sp³-hybridized carbons (Fsp3) is 0.625. The van der Waals surface area contributed by atoms with E-state index in [4.69, 9.17) is 5.11 Å². The molecule has 2 unspecified atom stereocenters. The van der Waals surface area contributed by atoms with Crippen LogP contribution in [0.4, 0.5) is 8.78 Å². The molecule has 0 radical (unpaired) electrons. The van der Waals surface area contributed by atoms with E-state index in [1.807, 2.05) is 0 Å².